The second-order valence-corrected chi connectivity index (χ2v) is 6.79. The summed E-state index contributed by atoms with van der Waals surface area (Å²) >= 11 is 12.1. The van der Waals surface area contributed by atoms with Crippen molar-refractivity contribution in [3.63, 3.8) is 0 Å². The van der Waals surface area contributed by atoms with Gasteiger partial charge in [-0.3, -0.25) is 4.79 Å². The molecule has 0 fully saturated rings. The maximum Gasteiger partial charge on any atom is 0.282 e. The maximum atomic E-state index is 14.1. The average Bonchev–Trinajstić information content (AvgIpc) is 2.59. The minimum absolute atomic E-state index is 0.127. The summed E-state index contributed by atoms with van der Waals surface area (Å²) in [6.07, 6.45) is 0.127. The van der Waals surface area contributed by atoms with Gasteiger partial charge in [-0.2, -0.15) is 5.26 Å². The Morgan fingerprint density at radius 2 is 2.00 bits per heavy atom. The van der Waals surface area contributed by atoms with Gasteiger partial charge in [0.2, 0.25) is 0 Å². The smallest absolute Gasteiger partial charge is 0.282 e. The fourth-order valence-corrected chi connectivity index (χ4v) is 3.09. The van der Waals surface area contributed by atoms with Crippen molar-refractivity contribution in [2.24, 2.45) is 0 Å². The molecule has 0 aliphatic carbocycles. The number of anilines is 1. The highest BCUT2D eigenvalue weighted by Gasteiger charge is 2.22. The summed E-state index contributed by atoms with van der Waals surface area (Å²) in [5, 5.41) is 9.92. The molecule has 0 bridgehead atoms. The van der Waals surface area contributed by atoms with Crippen LogP contribution in [0.15, 0.2) is 42.5 Å². The van der Waals surface area contributed by atoms with Crippen LogP contribution in [0.4, 0.5) is 10.1 Å². The standard InChI is InChI=1S/C19H18Cl2FN3O/c1-24(12-14-7-8-15(20)11-16(14)21)13-19(26)25(10-4-9-23)18-6-3-2-5-17(18)22/h2-3,5-8,11H,4,10,12-13H2,1H3/p+1. The van der Waals surface area contributed by atoms with Crippen LogP contribution in [0.5, 0.6) is 0 Å². The molecule has 1 amide bonds. The zero-order chi connectivity index (χ0) is 19.1. The van der Waals surface area contributed by atoms with Crippen molar-refractivity contribution in [2.75, 3.05) is 25.0 Å². The number of nitriles is 1. The van der Waals surface area contributed by atoms with E-state index in [4.69, 9.17) is 28.5 Å². The summed E-state index contributed by atoms with van der Waals surface area (Å²) in [4.78, 5) is 14.9. The molecule has 1 N–H and O–H groups in total. The predicted octanol–water partition coefficient (Wildman–Crippen LogP) is 3.09. The fraction of sp³-hybridized carbons (Fsp3) is 0.263. The lowest BCUT2D eigenvalue weighted by Crippen LogP contribution is -3.09. The number of carbonyl (C=O) groups excluding carboxylic acids is 1. The van der Waals surface area contributed by atoms with Crippen LogP contribution in [0.25, 0.3) is 0 Å². The van der Waals surface area contributed by atoms with Gasteiger partial charge in [0.05, 0.1) is 30.2 Å². The molecule has 0 heterocycles. The van der Waals surface area contributed by atoms with Gasteiger partial charge in [0, 0.05) is 17.1 Å². The molecule has 0 aliphatic heterocycles. The Balaban J connectivity index is 2.10. The molecule has 136 valence electrons. The molecule has 4 nitrogen and oxygen atoms in total. The van der Waals surface area contributed by atoms with Gasteiger partial charge in [-0.15, -0.1) is 0 Å². The number of para-hydroxylation sites is 1. The first-order valence-electron chi connectivity index (χ1n) is 8.09. The number of carbonyl (C=O) groups is 1. The Kier molecular flexibility index (Phi) is 7.40. The van der Waals surface area contributed by atoms with Crippen molar-refractivity contribution in [3.8, 4) is 6.07 Å². The van der Waals surface area contributed by atoms with E-state index in [2.05, 4.69) is 0 Å². The van der Waals surface area contributed by atoms with Crippen LogP contribution >= 0.6 is 23.2 Å². The van der Waals surface area contributed by atoms with Crippen LogP contribution < -0.4 is 9.80 Å². The number of amides is 1. The minimum Gasteiger partial charge on any atom is -0.326 e. The van der Waals surface area contributed by atoms with E-state index in [1.807, 2.05) is 19.2 Å². The summed E-state index contributed by atoms with van der Waals surface area (Å²) in [6.45, 7) is 0.801. The number of nitrogens with one attached hydrogen (secondary N) is 1. The van der Waals surface area contributed by atoms with Crippen LogP contribution in [-0.2, 0) is 11.3 Å². The topological polar surface area (TPSA) is 48.5 Å². The number of halogens is 3. The molecular formula is C19H19Cl2FN3O+. The highest BCUT2D eigenvalue weighted by molar-refractivity contribution is 6.35. The molecule has 0 saturated heterocycles. The third-order valence-electron chi connectivity index (χ3n) is 3.85. The van der Waals surface area contributed by atoms with E-state index in [-0.39, 0.29) is 31.1 Å². The van der Waals surface area contributed by atoms with Crippen molar-refractivity contribution in [2.45, 2.75) is 13.0 Å². The summed E-state index contributed by atoms with van der Waals surface area (Å²) in [5.74, 6) is -0.745. The number of benzene rings is 2. The van der Waals surface area contributed by atoms with Crippen LogP contribution in [0.3, 0.4) is 0 Å². The van der Waals surface area contributed by atoms with Crippen LogP contribution in [0, 0.1) is 17.1 Å². The second kappa shape index (κ2) is 9.54. The molecule has 0 saturated carbocycles. The summed E-state index contributed by atoms with van der Waals surface area (Å²) in [6, 6.07) is 13.3. The van der Waals surface area contributed by atoms with Gasteiger partial charge in [-0.1, -0.05) is 41.4 Å². The number of hydrogen-bond acceptors (Lipinski definition) is 2. The maximum absolute atomic E-state index is 14.1. The lowest BCUT2D eigenvalue weighted by Gasteiger charge is -2.24. The Labute approximate surface area is 162 Å². The highest BCUT2D eigenvalue weighted by Crippen LogP contribution is 2.21. The SMILES string of the molecule is C[NH+](CC(=O)N(CCC#N)c1ccccc1F)Cc1ccc(Cl)cc1Cl. The lowest BCUT2D eigenvalue weighted by molar-refractivity contribution is -0.885. The van der Waals surface area contributed by atoms with Gasteiger partial charge in [0.15, 0.2) is 6.54 Å². The van der Waals surface area contributed by atoms with Crippen LogP contribution in [0.1, 0.15) is 12.0 Å². The van der Waals surface area contributed by atoms with E-state index in [1.54, 1.807) is 24.3 Å². The number of rotatable bonds is 7. The summed E-state index contributed by atoms with van der Waals surface area (Å²) in [7, 11) is 1.85. The van der Waals surface area contributed by atoms with Gasteiger partial charge < -0.3 is 9.80 Å². The molecule has 0 aromatic heterocycles. The van der Waals surface area contributed by atoms with E-state index in [9.17, 15) is 9.18 Å². The number of quaternary nitrogens is 1. The third kappa shape index (κ3) is 5.43. The second-order valence-electron chi connectivity index (χ2n) is 5.95. The molecule has 7 heteroatoms. The Morgan fingerprint density at radius 1 is 1.27 bits per heavy atom. The van der Waals surface area contributed by atoms with Crippen LogP contribution in [-0.4, -0.2) is 26.0 Å². The molecule has 1 unspecified atom stereocenters. The lowest BCUT2D eigenvalue weighted by atomic mass is 10.2. The monoisotopic (exact) mass is 394 g/mol. The molecule has 2 rings (SSSR count). The van der Waals surface area contributed by atoms with Crippen molar-refractivity contribution in [3.05, 3.63) is 63.9 Å². The van der Waals surface area contributed by atoms with Gasteiger partial charge in [-0.25, -0.2) is 4.39 Å². The molecular weight excluding hydrogens is 376 g/mol. The van der Waals surface area contributed by atoms with E-state index in [0.29, 0.717) is 16.6 Å². The van der Waals surface area contributed by atoms with E-state index in [1.165, 1.54) is 17.0 Å². The fourth-order valence-electron chi connectivity index (χ4n) is 2.62. The van der Waals surface area contributed by atoms with Crippen molar-refractivity contribution >= 4 is 34.8 Å². The molecule has 0 spiro atoms. The van der Waals surface area contributed by atoms with Crippen LogP contribution in [0.2, 0.25) is 10.0 Å². The van der Waals surface area contributed by atoms with E-state index in [0.717, 1.165) is 10.5 Å². The Morgan fingerprint density at radius 3 is 2.65 bits per heavy atom. The van der Waals surface area contributed by atoms with Gasteiger partial charge in [0.25, 0.3) is 5.91 Å². The number of hydrogen-bond donors (Lipinski definition) is 1. The third-order valence-corrected chi connectivity index (χ3v) is 4.44. The zero-order valence-electron chi connectivity index (χ0n) is 14.3. The molecule has 0 radical (unpaired) electrons. The van der Waals surface area contributed by atoms with Gasteiger partial charge >= 0.3 is 0 Å². The first kappa shape index (κ1) is 20.2. The minimum atomic E-state index is -0.489. The number of likely N-dealkylation sites (N-methyl/N-ethyl adjacent to an activating group) is 1. The van der Waals surface area contributed by atoms with E-state index >= 15 is 0 Å². The predicted molar refractivity (Wildman–Crippen MR) is 101 cm³/mol. The normalized spacial score (nSPS) is 11.7. The molecule has 2 aromatic rings. The first-order valence-corrected chi connectivity index (χ1v) is 8.85. The quantitative estimate of drug-likeness (QED) is 0.784. The van der Waals surface area contributed by atoms with Gasteiger partial charge in [0.1, 0.15) is 12.4 Å². The first-order chi connectivity index (χ1) is 12.4. The average molecular weight is 395 g/mol. The van der Waals surface area contributed by atoms with E-state index < -0.39 is 5.82 Å². The highest BCUT2D eigenvalue weighted by atomic mass is 35.5. The Hall–Kier alpha value is -2.13. The van der Waals surface area contributed by atoms with Gasteiger partial charge in [-0.05, 0) is 24.3 Å². The van der Waals surface area contributed by atoms with Crippen molar-refractivity contribution in [1.29, 1.82) is 5.26 Å². The van der Waals surface area contributed by atoms with Crippen molar-refractivity contribution in [1.82, 2.24) is 0 Å². The molecule has 1 atom stereocenters. The zero-order valence-corrected chi connectivity index (χ0v) is 15.8. The summed E-state index contributed by atoms with van der Waals surface area (Å²) in [5.41, 5.74) is 1.06. The molecule has 26 heavy (non-hydrogen) atoms. The summed E-state index contributed by atoms with van der Waals surface area (Å²) < 4.78 is 14.1. The largest absolute Gasteiger partial charge is 0.326 e. The Bertz CT molecular complexity index is 823. The number of nitrogens with zero attached hydrogens (tertiary/aromatic N) is 2. The van der Waals surface area contributed by atoms with Crippen molar-refractivity contribution < 1.29 is 14.1 Å². The molecule has 0 aliphatic rings. The molecule has 2 aromatic carbocycles.